The summed E-state index contributed by atoms with van der Waals surface area (Å²) in [6.45, 7) is 13.6. The first-order valence-electron chi connectivity index (χ1n) is 10.0. The lowest BCUT2D eigenvalue weighted by Gasteiger charge is -2.18. The van der Waals surface area contributed by atoms with Gasteiger partial charge in [-0.25, -0.2) is 0 Å². The van der Waals surface area contributed by atoms with Crippen LogP contribution >= 0.6 is 0 Å². The molecule has 2 heterocycles. The van der Waals surface area contributed by atoms with E-state index in [-0.39, 0.29) is 11.9 Å². The minimum absolute atomic E-state index is 0.0717. The molecule has 1 atom stereocenters. The summed E-state index contributed by atoms with van der Waals surface area (Å²) in [6, 6.07) is 5.79. The Bertz CT molecular complexity index is 1000. The highest BCUT2D eigenvalue weighted by atomic mass is 16.5. The Hall–Kier alpha value is -2.76. The molecule has 6 nitrogen and oxygen atoms in total. The quantitative estimate of drug-likeness (QED) is 0.628. The number of nitrogens with one attached hydrogen (secondary N) is 2. The highest BCUT2D eigenvalue weighted by molar-refractivity contribution is 6.01. The van der Waals surface area contributed by atoms with Crippen LogP contribution in [0, 0.1) is 20.8 Å². The fraction of sp³-hybridized carbons (Fsp3) is 0.455. The lowest BCUT2D eigenvalue weighted by molar-refractivity contribution is 0.0930. The van der Waals surface area contributed by atoms with Crippen molar-refractivity contribution in [3.05, 3.63) is 46.4 Å². The van der Waals surface area contributed by atoms with Gasteiger partial charge < -0.3 is 15.0 Å². The molecule has 0 spiro atoms. The van der Waals surface area contributed by atoms with Crippen molar-refractivity contribution >= 4 is 16.8 Å². The largest absolute Gasteiger partial charge is 0.494 e. The zero-order valence-electron chi connectivity index (χ0n) is 17.6. The summed E-state index contributed by atoms with van der Waals surface area (Å²) in [7, 11) is 0. The molecule has 150 valence electrons. The van der Waals surface area contributed by atoms with Gasteiger partial charge in [0.15, 0.2) is 0 Å². The van der Waals surface area contributed by atoms with E-state index in [4.69, 9.17) is 4.74 Å². The third-order valence-corrected chi connectivity index (χ3v) is 5.37. The number of benzene rings is 1. The monoisotopic (exact) mass is 382 g/mol. The molecule has 0 saturated heterocycles. The number of amides is 1. The van der Waals surface area contributed by atoms with E-state index in [0.29, 0.717) is 12.3 Å². The van der Waals surface area contributed by atoms with Crippen LogP contribution in [0.15, 0.2) is 18.2 Å². The molecule has 1 unspecified atom stereocenters. The van der Waals surface area contributed by atoms with Gasteiger partial charge in [0, 0.05) is 28.7 Å². The zero-order valence-corrected chi connectivity index (χ0v) is 17.6. The van der Waals surface area contributed by atoms with Gasteiger partial charge in [0.2, 0.25) is 0 Å². The van der Waals surface area contributed by atoms with Crippen molar-refractivity contribution in [2.45, 2.75) is 60.5 Å². The Morgan fingerprint density at radius 1 is 1.25 bits per heavy atom. The summed E-state index contributed by atoms with van der Waals surface area (Å²) >= 11 is 0. The van der Waals surface area contributed by atoms with Crippen LogP contribution in [-0.4, -0.2) is 27.3 Å². The van der Waals surface area contributed by atoms with Crippen molar-refractivity contribution in [3.8, 4) is 5.75 Å². The number of hydrogen-bond donors (Lipinski definition) is 2. The Labute approximate surface area is 166 Å². The summed E-state index contributed by atoms with van der Waals surface area (Å²) < 4.78 is 7.58. The number of rotatable bonds is 7. The predicted molar refractivity (Wildman–Crippen MR) is 112 cm³/mol. The van der Waals surface area contributed by atoms with Crippen molar-refractivity contribution in [1.82, 2.24) is 20.1 Å². The molecular formula is C22H30N4O2. The van der Waals surface area contributed by atoms with Gasteiger partial charge in [0.05, 0.1) is 18.3 Å². The van der Waals surface area contributed by atoms with Crippen LogP contribution in [-0.2, 0) is 6.54 Å². The molecule has 3 rings (SSSR count). The average Bonchev–Trinajstić information content (AvgIpc) is 3.16. The van der Waals surface area contributed by atoms with E-state index in [0.717, 1.165) is 52.1 Å². The lowest BCUT2D eigenvalue weighted by Crippen LogP contribution is -2.29. The van der Waals surface area contributed by atoms with Crippen LogP contribution in [0.4, 0.5) is 0 Å². The number of ether oxygens (including phenoxy) is 1. The highest BCUT2D eigenvalue weighted by Crippen LogP contribution is 2.28. The first kappa shape index (κ1) is 20.0. The van der Waals surface area contributed by atoms with E-state index in [1.165, 1.54) is 0 Å². The van der Waals surface area contributed by atoms with Gasteiger partial charge in [0.25, 0.3) is 5.91 Å². The third-order valence-electron chi connectivity index (χ3n) is 5.37. The fourth-order valence-corrected chi connectivity index (χ4v) is 3.92. The van der Waals surface area contributed by atoms with Crippen molar-refractivity contribution in [3.63, 3.8) is 0 Å². The Balaban J connectivity index is 1.91. The van der Waals surface area contributed by atoms with Crippen LogP contribution in [0.5, 0.6) is 5.75 Å². The molecule has 0 aliphatic rings. The van der Waals surface area contributed by atoms with Gasteiger partial charge in [-0.2, -0.15) is 5.10 Å². The minimum atomic E-state index is -0.0958. The van der Waals surface area contributed by atoms with Crippen molar-refractivity contribution < 1.29 is 9.53 Å². The Morgan fingerprint density at radius 3 is 2.61 bits per heavy atom. The molecule has 0 bridgehead atoms. The molecule has 0 fully saturated rings. The summed E-state index contributed by atoms with van der Waals surface area (Å²) in [5.74, 6) is 0.718. The maximum Gasteiger partial charge on any atom is 0.268 e. The molecule has 28 heavy (non-hydrogen) atoms. The van der Waals surface area contributed by atoms with Crippen LogP contribution in [0.3, 0.4) is 0 Å². The van der Waals surface area contributed by atoms with Gasteiger partial charge >= 0.3 is 0 Å². The van der Waals surface area contributed by atoms with Gasteiger partial charge in [-0.05, 0) is 64.8 Å². The molecule has 1 aromatic carbocycles. The lowest BCUT2D eigenvalue weighted by atomic mass is 10.0. The molecule has 0 aliphatic heterocycles. The zero-order chi connectivity index (χ0) is 20.4. The fourth-order valence-electron chi connectivity index (χ4n) is 3.92. The number of carbonyl (C=O) groups is 1. The van der Waals surface area contributed by atoms with Crippen molar-refractivity contribution in [1.29, 1.82) is 0 Å². The van der Waals surface area contributed by atoms with Crippen molar-refractivity contribution in [2.75, 3.05) is 6.61 Å². The van der Waals surface area contributed by atoms with E-state index in [1.807, 2.05) is 43.7 Å². The number of carbonyl (C=O) groups excluding carboxylic acids is 1. The molecule has 1 amide bonds. The molecule has 0 saturated carbocycles. The summed E-state index contributed by atoms with van der Waals surface area (Å²) in [5.41, 5.74) is 5.67. The van der Waals surface area contributed by atoms with Gasteiger partial charge in [-0.3, -0.25) is 9.48 Å². The normalized spacial score (nSPS) is 12.4. The van der Waals surface area contributed by atoms with E-state index >= 15 is 0 Å². The molecule has 0 aliphatic carbocycles. The SMILES string of the molecule is CCOc1ccc2[nH]c(C(=O)NC(CC)c3c(C)nn(CC)c3C)c(C)c2c1. The average molecular weight is 383 g/mol. The van der Waals surface area contributed by atoms with E-state index in [9.17, 15) is 4.79 Å². The molecule has 2 N–H and O–H groups in total. The predicted octanol–water partition coefficient (Wildman–Crippen LogP) is 4.59. The third kappa shape index (κ3) is 3.51. The summed E-state index contributed by atoms with van der Waals surface area (Å²) in [4.78, 5) is 16.4. The van der Waals surface area contributed by atoms with Crippen LogP contribution in [0.25, 0.3) is 10.9 Å². The number of aromatic amines is 1. The van der Waals surface area contributed by atoms with Crippen molar-refractivity contribution in [2.24, 2.45) is 0 Å². The topological polar surface area (TPSA) is 71.9 Å². The number of H-pyrrole nitrogens is 1. The smallest absolute Gasteiger partial charge is 0.268 e. The summed E-state index contributed by atoms with van der Waals surface area (Å²) in [6.07, 6.45) is 0.802. The van der Waals surface area contributed by atoms with E-state index in [2.05, 4.69) is 36.2 Å². The standard InChI is InChI=1S/C22H30N4O2/c1-7-18(20-14(5)25-26(8-2)15(20)6)24-22(27)21-13(4)17-12-16(28-9-3)10-11-19(17)23-21/h10-12,18,23H,7-9H2,1-6H3,(H,24,27). The summed E-state index contributed by atoms with van der Waals surface area (Å²) in [5, 5.41) is 8.82. The first-order chi connectivity index (χ1) is 13.4. The Morgan fingerprint density at radius 2 is 2.00 bits per heavy atom. The van der Waals surface area contributed by atoms with Gasteiger partial charge in [-0.1, -0.05) is 6.92 Å². The maximum atomic E-state index is 13.1. The van der Waals surface area contributed by atoms with Crippen LogP contribution < -0.4 is 10.1 Å². The second-order valence-electron chi connectivity index (χ2n) is 7.10. The number of hydrogen-bond acceptors (Lipinski definition) is 3. The number of fused-ring (bicyclic) bond motifs is 1. The minimum Gasteiger partial charge on any atom is -0.494 e. The van der Waals surface area contributed by atoms with Gasteiger partial charge in [0.1, 0.15) is 11.4 Å². The maximum absolute atomic E-state index is 13.1. The number of nitrogens with zero attached hydrogens (tertiary/aromatic N) is 2. The molecule has 3 aromatic rings. The van der Waals surface area contributed by atoms with E-state index in [1.54, 1.807) is 0 Å². The Kier molecular flexibility index (Phi) is 5.77. The number of aromatic nitrogens is 3. The van der Waals surface area contributed by atoms with Gasteiger partial charge in [-0.15, -0.1) is 0 Å². The molecule has 0 radical (unpaired) electrons. The number of aryl methyl sites for hydroxylation is 3. The second kappa shape index (κ2) is 8.09. The second-order valence-corrected chi connectivity index (χ2v) is 7.10. The van der Waals surface area contributed by atoms with Crippen LogP contribution in [0.2, 0.25) is 0 Å². The first-order valence-corrected chi connectivity index (χ1v) is 10.0. The van der Waals surface area contributed by atoms with E-state index < -0.39 is 0 Å². The molecular weight excluding hydrogens is 352 g/mol. The van der Waals surface area contributed by atoms with Crippen LogP contribution in [0.1, 0.15) is 66.2 Å². The molecule has 6 heteroatoms. The molecule has 2 aromatic heterocycles. The highest BCUT2D eigenvalue weighted by Gasteiger charge is 2.23.